The molecule has 1 unspecified atom stereocenters. The fraction of sp³-hybridized carbons (Fsp3) is 0.522. The number of carbonyl (C=O) groups excluding carboxylic acids is 1. The van der Waals surface area contributed by atoms with Crippen LogP contribution in [-0.4, -0.2) is 38.3 Å². The summed E-state index contributed by atoms with van der Waals surface area (Å²) in [6.45, 7) is 0. The van der Waals surface area contributed by atoms with E-state index in [0.717, 1.165) is 67.1 Å². The molecule has 1 aliphatic heterocycles. The van der Waals surface area contributed by atoms with Gasteiger partial charge in [-0.2, -0.15) is 5.26 Å². The van der Waals surface area contributed by atoms with Crippen LogP contribution in [-0.2, 0) is 17.6 Å². The second-order valence-corrected chi connectivity index (χ2v) is 9.66. The Balaban J connectivity index is 1.13. The van der Waals surface area contributed by atoms with E-state index in [0.29, 0.717) is 17.9 Å². The van der Waals surface area contributed by atoms with E-state index in [2.05, 4.69) is 15.3 Å². The number of thioether (sulfide) groups is 1. The topological polar surface area (TPSA) is 110 Å². The molecule has 1 saturated carbocycles. The lowest BCUT2D eigenvalue weighted by Crippen LogP contribution is -2.41. The third-order valence-corrected chi connectivity index (χ3v) is 7.58. The van der Waals surface area contributed by atoms with Gasteiger partial charge in [-0.3, -0.25) is 14.2 Å². The van der Waals surface area contributed by atoms with E-state index in [1.807, 2.05) is 6.07 Å². The van der Waals surface area contributed by atoms with E-state index >= 15 is 0 Å². The molecule has 0 spiro atoms. The van der Waals surface area contributed by atoms with Gasteiger partial charge in [0, 0.05) is 36.0 Å². The third-order valence-electron chi connectivity index (χ3n) is 6.49. The molecule has 2 aromatic heterocycles. The minimum Gasteiger partial charge on any atom is -0.474 e. The van der Waals surface area contributed by atoms with Crippen LogP contribution >= 0.6 is 11.8 Å². The van der Waals surface area contributed by atoms with E-state index < -0.39 is 0 Å². The lowest BCUT2D eigenvalue weighted by molar-refractivity contribution is -0.122. The van der Waals surface area contributed by atoms with Crippen molar-refractivity contribution in [3.63, 3.8) is 0 Å². The van der Waals surface area contributed by atoms with Gasteiger partial charge in [0.15, 0.2) is 5.16 Å². The summed E-state index contributed by atoms with van der Waals surface area (Å²) in [4.78, 5) is 34.5. The van der Waals surface area contributed by atoms with Crippen LogP contribution in [0.3, 0.4) is 0 Å². The average molecular weight is 452 g/mol. The highest BCUT2D eigenvalue weighted by atomic mass is 32.2. The molecular formula is C23H25N5O3S. The Morgan fingerprint density at radius 1 is 1.28 bits per heavy atom. The third kappa shape index (κ3) is 4.24. The number of rotatable bonds is 5. The van der Waals surface area contributed by atoms with Gasteiger partial charge in [0.05, 0.1) is 17.3 Å². The van der Waals surface area contributed by atoms with Crippen LogP contribution in [0.2, 0.25) is 0 Å². The molecule has 0 radical (unpaired) electrons. The van der Waals surface area contributed by atoms with Gasteiger partial charge < -0.3 is 10.1 Å². The maximum Gasteiger partial charge on any atom is 0.257 e. The van der Waals surface area contributed by atoms with Crippen LogP contribution in [0.5, 0.6) is 5.88 Å². The number of aromatic nitrogens is 3. The summed E-state index contributed by atoms with van der Waals surface area (Å²) in [5.41, 5.74) is 2.36. The zero-order chi connectivity index (χ0) is 22.1. The number of hydrogen-bond donors (Lipinski definition) is 1. The first kappa shape index (κ1) is 21.0. The molecule has 1 N–H and O–H groups in total. The average Bonchev–Trinajstić information content (AvgIpc) is 3.43. The van der Waals surface area contributed by atoms with Gasteiger partial charge in [0.2, 0.25) is 11.8 Å². The standard InChI is InChI=1S/C23H25N5O3S/c24-11-14-4-9-21(25-12-14)31-17-7-5-15(6-8-17)26-20(29)10-16-13-32-23-27-19-3-1-2-18(19)22(30)28(16)23/h4,9,12,15-17H,1-3,5-8,10,13H2,(H,26,29). The van der Waals surface area contributed by atoms with Gasteiger partial charge in [0.1, 0.15) is 12.2 Å². The minimum atomic E-state index is -0.122. The van der Waals surface area contributed by atoms with E-state index in [1.54, 1.807) is 28.5 Å². The molecule has 0 aromatic carbocycles. The number of nitrogens with one attached hydrogen (secondary N) is 1. The highest BCUT2D eigenvalue weighted by Gasteiger charge is 2.32. The van der Waals surface area contributed by atoms with Crippen molar-refractivity contribution in [1.82, 2.24) is 19.9 Å². The Hall–Kier alpha value is -2.86. The second kappa shape index (κ2) is 8.94. The van der Waals surface area contributed by atoms with E-state index in [-0.39, 0.29) is 29.7 Å². The molecule has 5 rings (SSSR count). The Labute approximate surface area is 190 Å². The van der Waals surface area contributed by atoms with Gasteiger partial charge in [-0.25, -0.2) is 9.97 Å². The molecule has 1 atom stereocenters. The van der Waals surface area contributed by atoms with Crippen molar-refractivity contribution in [2.45, 2.75) is 74.7 Å². The van der Waals surface area contributed by atoms with Crippen molar-refractivity contribution >= 4 is 17.7 Å². The SMILES string of the molecule is N#Cc1ccc(OC2CCC(NC(=O)CC3CSc4nc5c(c(=O)n43)CCC5)CC2)nc1. The molecule has 0 bridgehead atoms. The summed E-state index contributed by atoms with van der Waals surface area (Å²) in [5, 5.41) is 12.8. The quantitative estimate of drug-likeness (QED) is 0.696. The van der Waals surface area contributed by atoms with Gasteiger partial charge in [-0.15, -0.1) is 0 Å². The predicted octanol–water partition coefficient (Wildman–Crippen LogP) is 2.54. The van der Waals surface area contributed by atoms with Crippen LogP contribution in [0.4, 0.5) is 0 Å². The highest BCUT2D eigenvalue weighted by molar-refractivity contribution is 7.99. The largest absolute Gasteiger partial charge is 0.474 e. The Kier molecular flexibility index (Phi) is 5.87. The second-order valence-electron chi connectivity index (χ2n) is 8.67. The molecule has 9 heteroatoms. The summed E-state index contributed by atoms with van der Waals surface area (Å²) in [7, 11) is 0. The van der Waals surface area contributed by atoms with E-state index in [1.165, 1.54) is 6.20 Å². The smallest absolute Gasteiger partial charge is 0.257 e. The van der Waals surface area contributed by atoms with Crippen molar-refractivity contribution in [2.24, 2.45) is 0 Å². The van der Waals surface area contributed by atoms with Crippen molar-refractivity contribution in [2.75, 3.05) is 5.75 Å². The number of pyridine rings is 1. The maximum atomic E-state index is 12.9. The number of nitrogens with zero attached hydrogens (tertiary/aromatic N) is 4. The molecular weight excluding hydrogens is 426 g/mol. The highest BCUT2D eigenvalue weighted by Crippen LogP contribution is 2.34. The van der Waals surface area contributed by atoms with Gasteiger partial charge in [-0.05, 0) is 51.0 Å². The Morgan fingerprint density at radius 3 is 2.88 bits per heavy atom. The zero-order valence-corrected chi connectivity index (χ0v) is 18.6. The van der Waals surface area contributed by atoms with Crippen molar-refractivity contribution in [1.29, 1.82) is 5.26 Å². The van der Waals surface area contributed by atoms with Crippen molar-refractivity contribution in [3.05, 3.63) is 45.5 Å². The summed E-state index contributed by atoms with van der Waals surface area (Å²) in [6.07, 6.45) is 7.93. The number of nitriles is 1. The lowest BCUT2D eigenvalue weighted by atomic mass is 9.92. The molecule has 8 nitrogen and oxygen atoms in total. The summed E-state index contributed by atoms with van der Waals surface area (Å²) < 4.78 is 7.68. The van der Waals surface area contributed by atoms with E-state index in [4.69, 9.17) is 10.00 Å². The number of hydrogen-bond acceptors (Lipinski definition) is 7. The molecule has 2 aliphatic carbocycles. The first-order valence-corrected chi connectivity index (χ1v) is 12.2. The Morgan fingerprint density at radius 2 is 2.12 bits per heavy atom. The molecule has 32 heavy (non-hydrogen) atoms. The predicted molar refractivity (Wildman–Crippen MR) is 119 cm³/mol. The van der Waals surface area contributed by atoms with Crippen LogP contribution < -0.4 is 15.6 Å². The van der Waals surface area contributed by atoms with Crippen LogP contribution in [0.25, 0.3) is 0 Å². The molecule has 3 heterocycles. The number of ether oxygens (including phenoxy) is 1. The molecule has 3 aliphatic rings. The fourth-order valence-corrected chi connectivity index (χ4v) is 5.97. The normalized spacial score (nSPS) is 23.8. The van der Waals surface area contributed by atoms with Gasteiger partial charge in [-0.1, -0.05) is 11.8 Å². The molecule has 1 fully saturated rings. The lowest BCUT2D eigenvalue weighted by Gasteiger charge is -2.29. The molecule has 0 saturated heterocycles. The zero-order valence-electron chi connectivity index (χ0n) is 17.7. The van der Waals surface area contributed by atoms with E-state index in [9.17, 15) is 9.59 Å². The van der Waals surface area contributed by atoms with Crippen molar-refractivity contribution in [3.8, 4) is 11.9 Å². The number of amides is 1. The molecule has 1 amide bonds. The van der Waals surface area contributed by atoms with Crippen LogP contribution in [0.1, 0.15) is 61.4 Å². The summed E-state index contributed by atoms with van der Waals surface area (Å²) in [6, 6.07) is 5.46. The first-order chi connectivity index (χ1) is 15.6. The summed E-state index contributed by atoms with van der Waals surface area (Å²) in [5.74, 6) is 1.24. The minimum absolute atomic E-state index is 0.00558. The monoisotopic (exact) mass is 451 g/mol. The molecule has 2 aromatic rings. The maximum absolute atomic E-state index is 12.9. The van der Waals surface area contributed by atoms with Gasteiger partial charge in [0.25, 0.3) is 5.56 Å². The Bertz CT molecular complexity index is 1120. The molecule has 166 valence electrons. The van der Waals surface area contributed by atoms with Gasteiger partial charge >= 0.3 is 0 Å². The number of aryl methyl sites for hydroxylation is 1. The van der Waals surface area contributed by atoms with Crippen molar-refractivity contribution < 1.29 is 9.53 Å². The fourth-order valence-electron chi connectivity index (χ4n) is 4.81. The number of carbonyl (C=O) groups is 1. The van der Waals surface area contributed by atoms with Crippen LogP contribution in [0, 0.1) is 11.3 Å². The first-order valence-electron chi connectivity index (χ1n) is 11.2. The number of fused-ring (bicyclic) bond motifs is 2. The summed E-state index contributed by atoms with van der Waals surface area (Å²) >= 11 is 1.58. The van der Waals surface area contributed by atoms with Crippen LogP contribution in [0.15, 0.2) is 28.3 Å².